The van der Waals surface area contributed by atoms with Crippen molar-refractivity contribution < 1.29 is 24.2 Å². The third-order valence-corrected chi connectivity index (χ3v) is 3.19. The molecule has 2 N–H and O–H groups in total. The molecule has 2 aliphatic rings. The summed E-state index contributed by atoms with van der Waals surface area (Å²) < 4.78 is 10.5. The minimum absolute atomic E-state index is 0.0355. The maximum atomic E-state index is 11.9. The first-order valence-electron chi connectivity index (χ1n) is 6.03. The number of ether oxygens (including phenoxy) is 2. The van der Waals surface area contributed by atoms with E-state index in [1.165, 1.54) is 0 Å². The summed E-state index contributed by atoms with van der Waals surface area (Å²) in [5, 5.41) is 11.2. The highest BCUT2D eigenvalue weighted by Gasteiger charge is 2.49. The lowest BCUT2D eigenvalue weighted by molar-refractivity contribution is -0.129. The third-order valence-electron chi connectivity index (χ3n) is 3.19. The Kier molecular flexibility index (Phi) is 4.46. The van der Waals surface area contributed by atoms with Gasteiger partial charge in [-0.15, -0.1) is 0 Å². The van der Waals surface area contributed by atoms with Crippen molar-refractivity contribution in [1.29, 1.82) is 0 Å². The van der Waals surface area contributed by atoms with E-state index in [0.717, 1.165) is 6.29 Å². The first-order chi connectivity index (χ1) is 8.77. The lowest BCUT2D eigenvalue weighted by Gasteiger charge is -2.19. The number of hydrogen-bond donors (Lipinski definition) is 2. The van der Waals surface area contributed by atoms with E-state index < -0.39 is 11.8 Å². The Morgan fingerprint density at radius 3 is 2.89 bits per heavy atom. The van der Waals surface area contributed by atoms with Gasteiger partial charge >= 0.3 is 0 Å². The zero-order valence-corrected chi connectivity index (χ0v) is 9.95. The highest BCUT2D eigenvalue weighted by Crippen LogP contribution is 2.37. The maximum absolute atomic E-state index is 11.9. The Morgan fingerprint density at radius 2 is 2.17 bits per heavy atom. The van der Waals surface area contributed by atoms with Crippen molar-refractivity contribution in [2.24, 2.45) is 11.8 Å². The van der Waals surface area contributed by atoms with Crippen molar-refractivity contribution in [2.45, 2.75) is 12.2 Å². The van der Waals surface area contributed by atoms with Crippen molar-refractivity contribution in [3.63, 3.8) is 0 Å². The van der Waals surface area contributed by atoms with Crippen LogP contribution in [-0.4, -0.2) is 55.9 Å². The van der Waals surface area contributed by atoms with Crippen LogP contribution in [0.5, 0.6) is 0 Å². The van der Waals surface area contributed by atoms with E-state index >= 15 is 0 Å². The second kappa shape index (κ2) is 6.08. The summed E-state index contributed by atoms with van der Waals surface area (Å²) in [4.78, 5) is 22.9. The van der Waals surface area contributed by atoms with Gasteiger partial charge in [0.1, 0.15) is 6.29 Å². The number of aliphatic hydroxyl groups excluding tert-OH is 1. The molecule has 0 aromatic carbocycles. The number of nitrogens with one attached hydrogen (secondary N) is 1. The summed E-state index contributed by atoms with van der Waals surface area (Å²) in [5.74, 6) is -1.01. The first-order valence-corrected chi connectivity index (χ1v) is 6.03. The minimum atomic E-state index is -0.435. The molecule has 18 heavy (non-hydrogen) atoms. The summed E-state index contributed by atoms with van der Waals surface area (Å²) in [5.41, 5.74) is 0. The highest BCUT2D eigenvalue weighted by molar-refractivity contribution is 5.84. The Morgan fingerprint density at radius 1 is 1.39 bits per heavy atom. The molecule has 0 spiro atoms. The van der Waals surface area contributed by atoms with E-state index in [0.29, 0.717) is 13.2 Å². The van der Waals surface area contributed by atoms with Crippen molar-refractivity contribution in [3.8, 4) is 0 Å². The van der Waals surface area contributed by atoms with Crippen molar-refractivity contribution in [1.82, 2.24) is 5.32 Å². The standard InChI is InChI=1S/C12H17NO5/c14-4-6-17-5-3-13-12(16)11-8(7-15)9-1-2-10(11)18-9/h1-2,7-11,14H,3-6H2,(H,13,16)/t8-,9?,10?,11-/m1/s1. The Bertz CT molecular complexity index is 343. The number of carbonyl (C=O) groups is 2. The largest absolute Gasteiger partial charge is 0.394 e. The van der Waals surface area contributed by atoms with Gasteiger partial charge < -0.3 is 24.7 Å². The molecule has 1 fully saturated rings. The number of amides is 1. The predicted octanol–water partition coefficient (Wildman–Crippen LogP) is -1.12. The molecule has 0 aliphatic carbocycles. The van der Waals surface area contributed by atoms with Gasteiger partial charge in [0.25, 0.3) is 0 Å². The highest BCUT2D eigenvalue weighted by atomic mass is 16.5. The second-order valence-corrected chi connectivity index (χ2v) is 4.32. The first kappa shape index (κ1) is 13.2. The number of carbonyl (C=O) groups excluding carboxylic acids is 2. The number of fused-ring (bicyclic) bond motifs is 2. The molecule has 0 aromatic heterocycles. The van der Waals surface area contributed by atoms with Gasteiger partial charge in [-0.2, -0.15) is 0 Å². The molecule has 2 bridgehead atoms. The van der Waals surface area contributed by atoms with Gasteiger partial charge in [0.2, 0.25) is 5.91 Å². The van der Waals surface area contributed by atoms with Crippen LogP contribution in [0.1, 0.15) is 0 Å². The molecule has 4 atom stereocenters. The molecular formula is C12H17NO5. The summed E-state index contributed by atoms with van der Waals surface area (Å²) in [6, 6.07) is 0. The molecular weight excluding hydrogens is 238 g/mol. The third kappa shape index (κ3) is 2.60. The van der Waals surface area contributed by atoms with Crippen LogP contribution >= 0.6 is 0 Å². The van der Waals surface area contributed by atoms with Crippen molar-refractivity contribution in [2.75, 3.05) is 26.4 Å². The predicted molar refractivity (Wildman–Crippen MR) is 61.8 cm³/mol. The Labute approximate surface area is 105 Å². The number of aliphatic hydroxyl groups is 1. The topological polar surface area (TPSA) is 84.9 Å². The number of aldehydes is 1. The molecule has 2 heterocycles. The molecule has 2 unspecified atom stereocenters. The van der Waals surface area contributed by atoms with Gasteiger partial charge in [-0.05, 0) is 0 Å². The van der Waals surface area contributed by atoms with Gasteiger partial charge in [0.05, 0.1) is 43.9 Å². The van der Waals surface area contributed by atoms with E-state index in [-0.39, 0.29) is 31.3 Å². The molecule has 2 rings (SSSR count). The molecule has 0 radical (unpaired) electrons. The summed E-state index contributed by atoms with van der Waals surface area (Å²) in [6.45, 7) is 0.927. The lowest BCUT2D eigenvalue weighted by atomic mass is 9.83. The van der Waals surface area contributed by atoms with E-state index in [4.69, 9.17) is 14.6 Å². The summed E-state index contributed by atoms with van der Waals surface area (Å²) in [6.07, 6.45) is 3.91. The van der Waals surface area contributed by atoms with Gasteiger partial charge in [0, 0.05) is 6.54 Å². The van der Waals surface area contributed by atoms with Crippen LogP contribution in [0.2, 0.25) is 0 Å². The Balaban J connectivity index is 1.78. The van der Waals surface area contributed by atoms with Crippen molar-refractivity contribution >= 4 is 12.2 Å². The average molecular weight is 255 g/mol. The minimum Gasteiger partial charge on any atom is -0.394 e. The molecule has 6 heteroatoms. The Hall–Kier alpha value is -1.24. The van der Waals surface area contributed by atoms with Gasteiger partial charge in [-0.25, -0.2) is 0 Å². The molecule has 1 saturated heterocycles. The molecule has 100 valence electrons. The average Bonchev–Trinajstić information content (AvgIpc) is 2.98. The normalized spacial score (nSPS) is 32.7. The van der Waals surface area contributed by atoms with E-state index in [2.05, 4.69) is 5.32 Å². The zero-order chi connectivity index (χ0) is 13.0. The monoisotopic (exact) mass is 255 g/mol. The fraction of sp³-hybridized carbons (Fsp3) is 0.667. The molecule has 6 nitrogen and oxygen atoms in total. The van der Waals surface area contributed by atoms with Gasteiger partial charge in [-0.3, -0.25) is 4.79 Å². The van der Waals surface area contributed by atoms with Crippen LogP contribution in [0, 0.1) is 11.8 Å². The SMILES string of the molecule is O=C[C@@H]1C2C=CC(O2)[C@@H]1C(=O)NCCOCCO. The molecule has 0 saturated carbocycles. The summed E-state index contributed by atoms with van der Waals surface area (Å²) >= 11 is 0. The maximum Gasteiger partial charge on any atom is 0.226 e. The van der Waals surface area contributed by atoms with E-state index in [1.54, 1.807) is 0 Å². The fourth-order valence-electron chi connectivity index (χ4n) is 2.35. The van der Waals surface area contributed by atoms with Crippen molar-refractivity contribution in [3.05, 3.63) is 12.2 Å². The zero-order valence-electron chi connectivity index (χ0n) is 9.95. The van der Waals surface area contributed by atoms with Gasteiger partial charge in [-0.1, -0.05) is 12.2 Å². The van der Waals surface area contributed by atoms with Crippen LogP contribution in [-0.2, 0) is 19.1 Å². The van der Waals surface area contributed by atoms with Crippen LogP contribution in [0.15, 0.2) is 12.2 Å². The smallest absolute Gasteiger partial charge is 0.226 e. The molecule has 0 aromatic rings. The molecule has 1 amide bonds. The van der Waals surface area contributed by atoms with Crippen LogP contribution in [0.4, 0.5) is 0 Å². The van der Waals surface area contributed by atoms with Crippen LogP contribution < -0.4 is 5.32 Å². The quantitative estimate of drug-likeness (QED) is 0.342. The van der Waals surface area contributed by atoms with E-state index in [9.17, 15) is 9.59 Å². The fourth-order valence-corrected chi connectivity index (χ4v) is 2.35. The van der Waals surface area contributed by atoms with Crippen LogP contribution in [0.25, 0.3) is 0 Å². The number of hydrogen-bond acceptors (Lipinski definition) is 5. The molecule has 2 aliphatic heterocycles. The summed E-state index contributed by atoms with van der Waals surface area (Å²) in [7, 11) is 0. The second-order valence-electron chi connectivity index (χ2n) is 4.32. The van der Waals surface area contributed by atoms with E-state index in [1.807, 2.05) is 12.2 Å². The lowest BCUT2D eigenvalue weighted by Crippen LogP contribution is -2.41. The number of rotatable bonds is 7. The van der Waals surface area contributed by atoms with Gasteiger partial charge in [0.15, 0.2) is 0 Å². The van der Waals surface area contributed by atoms with Crippen LogP contribution in [0.3, 0.4) is 0 Å².